The van der Waals surface area contributed by atoms with Crippen LogP contribution in [0.5, 0.6) is 0 Å². The van der Waals surface area contributed by atoms with E-state index in [0.29, 0.717) is 0 Å². The molecule has 0 aliphatic heterocycles. The maximum absolute atomic E-state index is 4.78. The molecule has 0 aromatic rings. The van der Waals surface area contributed by atoms with E-state index < -0.39 is 6.17 Å². The molecule has 0 aromatic heterocycles. The summed E-state index contributed by atoms with van der Waals surface area (Å²) < 4.78 is 0. The van der Waals surface area contributed by atoms with Crippen molar-refractivity contribution in [2.75, 3.05) is 0 Å². The van der Waals surface area contributed by atoms with E-state index in [1.807, 2.05) is 0 Å². The molecule has 4 N–H and O–H groups in total. The van der Waals surface area contributed by atoms with E-state index in [9.17, 15) is 0 Å². The summed E-state index contributed by atoms with van der Waals surface area (Å²) in [5, 5.41) is 0. The van der Waals surface area contributed by atoms with Crippen LogP contribution in [0, 0.1) is 6.92 Å². The standard InChI is InChI=1S/C2H7N2.GeH4/c1-2(3)4;/h2H,1,3-4H2;1H4. The van der Waals surface area contributed by atoms with Gasteiger partial charge in [-0.2, -0.15) is 0 Å². The van der Waals surface area contributed by atoms with Crippen molar-refractivity contribution >= 4 is 17.6 Å². The minimum absolute atomic E-state index is 0. The van der Waals surface area contributed by atoms with E-state index >= 15 is 0 Å². The molecule has 3 heteroatoms. The van der Waals surface area contributed by atoms with Gasteiger partial charge in [-0.05, 0) is 6.92 Å². The quantitative estimate of drug-likeness (QED) is 0.288. The Bertz CT molecular complexity index is 12.4. The molecule has 0 aliphatic rings. The molecular formula is C2H11GeN2. The summed E-state index contributed by atoms with van der Waals surface area (Å²) in [5.74, 6) is 0. The molecule has 0 heterocycles. The molecule has 0 spiro atoms. The van der Waals surface area contributed by atoms with Crippen LogP contribution in [-0.4, -0.2) is 23.8 Å². The fourth-order valence-electron chi connectivity index (χ4n) is 0. The maximum atomic E-state index is 4.78. The number of hydrogen-bond donors (Lipinski definition) is 2. The molecule has 0 amide bonds. The second-order valence-corrected chi connectivity index (χ2v) is 0.664. The van der Waals surface area contributed by atoms with Gasteiger partial charge in [0.2, 0.25) is 0 Å². The van der Waals surface area contributed by atoms with Gasteiger partial charge in [-0.15, -0.1) is 0 Å². The SMILES string of the molecule is [CH2]C(N)N.[GeH4]. The summed E-state index contributed by atoms with van der Waals surface area (Å²) in [6.45, 7) is 3.19. The summed E-state index contributed by atoms with van der Waals surface area (Å²) in [6, 6.07) is 0. The average molecular weight is 136 g/mol. The summed E-state index contributed by atoms with van der Waals surface area (Å²) in [7, 11) is 0. The zero-order valence-electron chi connectivity index (χ0n) is 2.44. The normalized spacial score (nSPS) is 7.20. The first-order valence-corrected chi connectivity index (χ1v) is 1.07. The molecule has 0 rings (SSSR count). The van der Waals surface area contributed by atoms with E-state index in [2.05, 4.69) is 6.92 Å². The van der Waals surface area contributed by atoms with Crippen molar-refractivity contribution in [3.63, 3.8) is 0 Å². The van der Waals surface area contributed by atoms with Crippen LogP contribution in [0.1, 0.15) is 0 Å². The van der Waals surface area contributed by atoms with Crippen LogP contribution in [0.25, 0.3) is 0 Å². The third kappa shape index (κ3) is 126. The van der Waals surface area contributed by atoms with Gasteiger partial charge in [0.1, 0.15) is 0 Å². The van der Waals surface area contributed by atoms with Crippen LogP contribution < -0.4 is 11.5 Å². The molecule has 0 atom stereocenters. The van der Waals surface area contributed by atoms with Crippen LogP contribution in [-0.2, 0) is 0 Å². The Labute approximate surface area is 42.9 Å². The predicted octanol–water partition coefficient (Wildman–Crippen LogP) is -2.39. The average Bonchev–Trinajstić information content (AvgIpc) is 0.811. The Morgan fingerprint density at radius 3 is 1.40 bits per heavy atom. The molecule has 0 bridgehead atoms. The van der Waals surface area contributed by atoms with Gasteiger partial charge in [0.15, 0.2) is 0 Å². The molecule has 0 unspecified atom stereocenters. The zero-order chi connectivity index (χ0) is 3.58. The molecule has 0 saturated carbocycles. The fourth-order valence-corrected chi connectivity index (χ4v) is 0. The van der Waals surface area contributed by atoms with E-state index in [4.69, 9.17) is 11.5 Å². The van der Waals surface area contributed by atoms with Crippen molar-refractivity contribution < 1.29 is 0 Å². The van der Waals surface area contributed by atoms with Crippen molar-refractivity contribution in [3.8, 4) is 0 Å². The topological polar surface area (TPSA) is 52.0 Å². The molecule has 5 heavy (non-hydrogen) atoms. The van der Waals surface area contributed by atoms with E-state index in [1.54, 1.807) is 0 Å². The third-order valence-corrected chi connectivity index (χ3v) is 0. The van der Waals surface area contributed by atoms with Crippen molar-refractivity contribution in [1.82, 2.24) is 0 Å². The Morgan fingerprint density at radius 2 is 1.40 bits per heavy atom. The first kappa shape index (κ1) is 9.07. The number of hydrogen-bond acceptors (Lipinski definition) is 2. The summed E-state index contributed by atoms with van der Waals surface area (Å²) in [4.78, 5) is 0. The van der Waals surface area contributed by atoms with Crippen molar-refractivity contribution in [2.24, 2.45) is 11.5 Å². The van der Waals surface area contributed by atoms with Crippen molar-refractivity contribution in [1.29, 1.82) is 0 Å². The molecule has 0 fully saturated rings. The van der Waals surface area contributed by atoms with Gasteiger partial charge in [-0.3, -0.25) is 0 Å². The van der Waals surface area contributed by atoms with Crippen molar-refractivity contribution in [3.05, 3.63) is 6.92 Å². The molecular weight excluding hydrogens is 125 g/mol. The second kappa shape index (κ2) is 4.46. The summed E-state index contributed by atoms with van der Waals surface area (Å²) in [5.41, 5.74) is 9.56. The monoisotopic (exact) mass is 137 g/mol. The first-order chi connectivity index (χ1) is 1.73. The van der Waals surface area contributed by atoms with Crippen LogP contribution in [0.2, 0.25) is 0 Å². The molecule has 1 radical (unpaired) electrons. The molecule has 0 aliphatic carbocycles. The van der Waals surface area contributed by atoms with Crippen LogP contribution in [0.3, 0.4) is 0 Å². The van der Waals surface area contributed by atoms with Gasteiger partial charge in [0.25, 0.3) is 0 Å². The van der Waals surface area contributed by atoms with Gasteiger partial charge >= 0.3 is 17.6 Å². The van der Waals surface area contributed by atoms with E-state index in [-0.39, 0.29) is 17.6 Å². The summed E-state index contributed by atoms with van der Waals surface area (Å²) >= 11 is 0. The van der Waals surface area contributed by atoms with Crippen molar-refractivity contribution in [2.45, 2.75) is 6.17 Å². The van der Waals surface area contributed by atoms with Crippen LogP contribution in [0.15, 0.2) is 0 Å². The van der Waals surface area contributed by atoms with Gasteiger partial charge in [-0.25, -0.2) is 0 Å². The van der Waals surface area contributed by atoms with E-state index in [0.717, 1.165) is 0 Å². The first-order valence-electron chi connectivity index (χ1n) is 1.07. The molecule has 0 aromatic carbocycles. The van der Waals surface area contributed by atoms with Gasteiger partial charge < -0.3 is 11.5 Å². The van der Waals surface area contributed by atoms with E-state index in [1.165, 1.54) is 0 Å². The summed E-state index contributed by atoms with van der Waals surface area (Å²) in [6.07, 6.45) is -0.417. The Morgan fingerprint density at radius 1 is 1.40 bits per heavy atom. The van der Waals surface area contributed by atoms with Crippen LogP contribution in [0.4, 0.5) is 0 Å². The Kier molecular flexibility index (Phi) is 8.10. The molecule has 33 valence electrons. The third-order valence-electron chi connectivity index (χ3n) is 0. The van der Waals surface area contributed by atoms with Gasteiger partial charge in [0, 0.05) is 0 Å². The zero-order valence-corrected chi connectivity index (χ0v) is 2.44. The molecule has 2 nitrogen and oxygen atoms in total. The Balaban J connectivity index is 0. The predicted molar refractivity (Wildman–Crippen MR) is 28.9 cm³/mol. The van der Waals surface area contributed by atoms with Gasteiger partial charge in [0.05, 0.1) is 6.17 Å². The second-order valence-electron chi connectivity index (χ2n) is 0.664. The number of rotatable bonds is 0. The van der Waals surface area contributed by atoms with Crippen LogP contribution >= 0.6 is 0 Å². The molecule has 0 saturated heterocycles. The Hall–Kier alpha value is 0.463. The number of nitrogens with two attached hydrogens (primary N) is 2. The minimum atomic E-state index is -0.417. The fraction of sp³-hybridized carbons (Fsp3) is 0.500. The van der Waals surface area contributed by atoms with Gasteiger partial charge in [-0.1, -0.05) is 0 Å².